The van der Waals surface area contributed by atoms with Crippen LogP contribution in [0.3, 0.4) is 0 Å². The normalized spacial score (nSPS) is 18.4. The van der Waals surface area contributed by atoms with E-state index in [0.29, 0.717) is 27.4 Å². The van der Waals surface area contributed by atoms with Gasteiger partial charge >= 0.3 is 0 Å². The second-order valence-corrected chi connectivity index (χ2v) is 5.10. The highest BCUT2D eigenvalue weighted by Gasteiger charge is 2.36. The molecule has 7 nitrogen and oxygen atoms in total. The molecule has 1 atom stereocenters. The third-order valence-corrected chi connectivity index (χ3v) is 3.84. The Morgan fingerprint density at radius 2 is 1.95 bits per heavy atom. The second-order valence-electron chi connectivity index (χ2n) is 4.29. The average molecular weight is 313 g/mol. The lowest BCUT2D eigenvalue weighted by atomic mass is 10.2. The van der Waals surface area contributed by atoms with E-state index in [-0.39, 0.29) is 5.84 Å². The molecule has 104 valence electrons. The van der Waals surface area contributed by atoms with Crippen LogP contribution in [0, 0.1) is 5.41 Å². The number of hydrogen-bond acceptors (Lipinski definition) is 6. The van der Waals surface area contributed by atoms with Gasteiger partial charge in [-0.15, -0.1) is 0 Å². The van der Waals surface area contributed by atoms with Crippen molar-refractivity contribution in [1.29, 1.82) is 5.41 Å². The maximum Gasteiger partial charge on any atom is 0.228 e. The minimum atomic E-state index is -0.663. The fourth-order valence-electron chi connectivity index (χ4n) is 1.99. The first kappa shape index (κ1) is 13.2. The maximum atomic E-state index is 8.19. The van der Waals surface area contributed by atoms with Gasteiger partial charge < -0.3 is 10.6 Å². The Morgan fingerprint density at radius 3 is 2.65 bits per heavy atom. The summed E-state index contributed by atoms with van der Waals surface area (Å²) in [5, 5.41) is 16.6. The van der Waals surface area contributed by atoms with Gasteiger partial charge in [0.05, 0.1) is 15.7 Å². The highest BCUT2D eigenvalue weighted by molar-refractivity contribution is 6.42. The minimum absolute atomic E-state index is 0.133. The van der Waals surface area contributed by atoms with E-state index in [2.05, 4.69) is 10.3 Å². The Morgan fingerprint density at radius 1 is 1.25 bits per heavy atom. The molecule has 0 radical (unpaired) electrons. The molecular formula is C11H10Cl2N6O. The first-order chi connectivity index (χ1) is 9.50. The maximum absolute atomic E-state index is 8.19. The van der Waals surface area contributed by atoms with E-state index in [9.17, 15) is 0 Å². The summed E-state index contributed by atoms with van der Waals surface area (Å²) < 4.78 is 4.75. The summed E-state index contributed by atoms with van der Waals surface area (Å²) in [7, 11) is 1.72. The number of fused-ring (bicyclic) bond motifs is 1. The first-order valence-corrected chi connectivity index (χ1v) is 6.41. The fourth-order valence-corrected chi connectivity index (χ4v) is 2.28. The van der Waals surface area contributed by atoms with Gasteiger partial charge in [-0.05, 0) is 28.5 Å². The van der Waals surface area contributed by atoms with Gasteiger partial charge in [-0.2, -0.15) is 0 Å². The van der Waals surface area contributed by atoms with E-state index in [1.54, 1.807) is 30.1 Å². The number of anilines is 3. The number of nitrogens with two attached hydrogens (primary N) is 1. The zero-order chi connectivity index (χ0) is 14.4. The van der Waals surface area contributed by atoms with Crippen LogP contribution in [0.5, 0.6) is 0 Å². The molecule has 1 aromatic heterocycles. The molecule has 0 saturated carbocycles. The van der Waals surface area contributed by atoms with Crippen LogP contribution in [0.4, 0.5) is 17.3 Å². The van der Waals surface area contributed by atoms with Crippen LogP contribution in [-0.2, 0) is 0 Å². The van der Waals surface area contributed by atoms with Crippen molar-refractivity contribution >= 4 is 46.4 Å². The van der Waals surface area contributed by atoms with Gasteiger partial charge in [-0.1, -0.05) is 23.2 Å². The smallest absolute Gasteiger partial charge is 0.228 e. The Balaban J connectivity index is 2.15. The molecule has 0 bridgehead atoms. The third-order valence-electron chi connectivity index (χ3n) is 3.10. The SMILES string of the molecule is CN1c2nonc2N(c2ccc(Cl)c(Cl)c2)C(=N)C1N. The number of benzene rings is 1. The molecule has 2 aromatic rings. The molecule has 0 spiro atoms. The molecule has 2 heterocycles. The predicted octanol–water partition coefficient (Wildman–Crippen LogP) is 2.23. The van der Waals surface area contributed by atoms with Crippen LogP contribution >= 0.6 is 23.2 Å². The standard InChI is InChI=1S/C11H10Cl2N6O/c1-18-8(14)9(15)19(11-10(18)16-20-17-11)5-2-3-6(12)7(13)4-5/h2-4,8,15H,14H2,1H3. The number of nitrogens with zero attached hydrogens (tertiary/aromatic N) is 4. The predicted molar refractivity (Wildman–Crippen MR) is 77.0 cm³/mol. The van der Waals surface area contributed by atoms with Gasteiger partial charge in [0.15, 0.2) is 0 Å². The monoisotopic (exact) mass is 312 g/mol. The summed E-state index contributed by atoms with van der Waals surface area (Å²) in [6, 6.07) is 5.00. The Hall–Kier alpha value is -1.83. The van der Waals surface area contributed by atoms with Gasteiger partial charge in [-0.25, -0.2) is 4.63 Å². The molecule has 20 heavy (non-hydrogen) atoms. The zero-order valence-corrected chi connectivity index (χ0v) is 11.9. The quantitative estimate of drug-likeness (QED) is 0.838. The highest BCUT2D eigenvalue weighted by atomic mass is 35.5. The number of likely N-dealkylation sites (N-methyl/N-ethyl adjacent to an activating group) is 1. The van der Waals surface area contributed by atoms with E-state index < -0.39 is 6.17 Å². The molecule has 1 aliphatic heterocycles. The van der Waals surface area contributed by atoms with Crippen molar-refractivity contribution in [3.05, 3.63) is 28.2 Å². The summed E-state index contributed by atoms with van der Waals surface area (Å²) in [6.07, 6.45) is -0.663. The lowest BCUT2D eigenvalue weighted by molar-refractivity contribution is 0.309. The van der Waals surface area contributed by atoms with Crippen LogP contribution in [0.25, 0.3) is 0 Å². The molecule has 0 saturated heterocycles. The fraction of sp³-hybridized carbons (Fsp3) is 0.182. The third kappa shape index (κ3) is 1.82. The van der Waals surface area contributed by atoms with E-state index >= 15 is 0 Å². The lowest BCUT2D eigenvalue weighted by Crippen LogP contribution is -2.55. The minimum Gasteiger partial charge on any atom is -0.331 e. The summed E-state index contributed by atoms with van der Waals surface area (Å²) in [6.45, 7) is 0. The van der Waals surface area contributed by atoms with Gasteiger partial charge in [0.2, 0.25) is 11.6 Å². The van der Waals surface area contributed by atoms with E-state index in [0.717, 1.165) is 0 Å². The van der Waals surface area contributed by atoms with Crippen molar-refractivity contribution in [3.8, 4) is 0 Å². The number of aromatic nitrogens is 2. The molecule has 1 unspecified atom stereocenters. The van der Waals surface area contributed by atoms with Gasteiger partial charge in [0.25, 0.3) is 0 Å². The van der Waals surface area contributed by atoms with Crippen LogP contribution in [0.1, 0.15) is 0 Å². The molecule has 0 amide bonds. The van der Waals surface area contributed by atoms with E-state index in [1.807, 2.05) is 0 Å². The van der Waals surface area contributed by atoms with Gasteiger partial charge in [-0.3, -0.25) is 10.3 Å². The second kappa shape index (κ2) is 4.62. The summed E-state index contributed by atoms with van der Waals surface area (Å²) >= 11 is 11.9. The molecule has 3 rings (SSSR count). The van der Waals surface area contributed by atoms with Crippen molar-refractivity contribution in [2.75, 3.05) is 16.8 Å². The summed E-state index contributed by atoms with van der Waals surface area (Å²) in [5.74, 6) is 0.978. The van der Waals surface area contributed by atoms with Crippen molar-refractivity contribution in [2.24, 2.45) is 5.73 Å². The molecule has 0 aliphatic carbocycles. The van der Waals surface area contributed by atoms with E-state index in [1.165, 1.54) is 4.90 Å². The molecule has 3 N–H and O–H groups in total. The van der Waals surface area contributed by atoms with Gasteiger partial charge in [0.1, 0.15) is 12.0 Å². The first-order valence-electron chi connectivity index (χ1n) is 5.65. The largest absolute Gasteiger partial charge is 0.331 e. The molecule has 1 aliphatic rings. The van der Waals surface area contributed by atoms with Crippen molar-refractivity contribution in [3.63, 3.8) is 0 Å². The van der Waals surface area contributed by atoms with Crippen molar-refractivity contribution < 1.29 is 4.63 Å². The van der Waals surface area contributed by atoms with Crippen LogP contribution < -0.4 is 15.5 Å². The van der Waals surface area contributed by atoms with Crippen LogP contribution in [-0.4, -0.2) is 29.4 Å². The molecule has 1 aromatic carbocycles. The number of halogens is 2. The van der Waals surface area contributed by atoms with Crippen molar-refractivity contribution in [1.82, 2.24) is 10.3 Å². The Bertz CT molecular complexity index is 687. The molecular weight excluding hydrogens is 303 g/mol. The Kier molecular flexibility index (Phi) is 3.04. The van der Waals surface area contributed by atoms with Gasteiger partial charge in [0, 0.05) is 7.05 Å². The summed E-state index contributed by atoms with van der Waals surface area (Å²) in [5.41, 5.74) is 6.60. The topological polar surface area (TPSA) is 95.3 Å². The number of amidine groups is 1. The molecule has 9 heteroatoms. The van der Waals surface area contributed by atoms with Crippen molar-refractivity contribution in [2.45, 2.75) is 6.17 Å². The van der Waals surface area contributed by atoms with E-state index in [4.69, 9.17) is 39.0 Å². The van der Waals surface area contributed by atoms with Crippen LogP contribution in [0.15, 0.2) is 22.8 Å². The lowest BCUT2D eigenvalue weighted by Gasteiger charge is -2.36. The number of hydrogen-bond donors (Lipinski definition) is 2. The highest BCUT2D eigenvalue weighted by Crippen LogP contribution is 2.38. The average Bonchev–Trinajstić information content (AvgIpc) is 2.89. The number of rotatable bonds is 1. The summed E-state index contributed by atoms with van der Waals surface area (Å²) in [4.78, 5) is 3.14. The zero-order valence-electron chi connectivity index (χ0n) is 10.3. The Labute approximate surface area is 124 Å². The molecule has 0 fully saturated rings. The number of nitrogens with one attached hydrogen (secondary N) is 1. The van der Waals surface area contributed by atoms with Crippen LogP contribution in [0.2, 0.25) is 10.0 Å².